The molecule has 0 amide bonds. The van der Waals surface area contributed by atoms with Crippen molar-refractivity contribution in [3.63, 3.8) is 0 Å². The predicted octanol–water partition coefficient (Wildman–Crippen LogP) is 4.30. The van der Waals surface area contributed by atoms with Crippen LogP contribution in [0.15, 0.2) is 24.3 Å². The highest BCUT2D eigenvalue weighted by molar-refractivity contribution is 5.53. The number of benzene rings is 1. The first kappa shape index (κ1) is 13.0. The van der Waals surface area contributed by atoms with E-state index in [4.69, 9.17) is 0 Å². The van der Waals surface area contributed by atoms with Gasteiger partial charge in [-0.2, -0.15) is 5.26 Å². The van der Waals surface area contributed by atoms with Crippen molar-refractivity contribution in [2.24, 2.45) is 5.92 Å². The quantitative estimate of drug-likeness (QED) is 0.857. The van der Waals surface area contributed by atoms with Crippen LogP contribution in [0.1, 0.15) is 51.0 Å². The van der Waals surface area contributed by atoms with Crippen LogP contribution in [0.5, 0.6) is 0 Å². The smallest absolute Gasteiger partial charge is 0.0677 e. The number of nitriles is 1. The first-order chi connectivity index (χ1) is 8.72. The number of anilines is 1. The monoisotopic (exact) mass is 242 g/mol. The summed E-state index contributed by atoms with van der Waals surface area (Å²) in [6.07, 6.45) is 4.59. The van der Waals surface area contributed by atoms with Gasteiger partial charge >= 0.3 is 0 Å². The second-order valence-corrected chi connectivity index (χ2v) is 5.51. The summed E-state index contributed by atoms with van der Waals surface area (Å²) in [5, 5.41) is 12.8. The summed E-state index contributed by atoms with van der Waals surface area (Å²) in [6.45, 7) is 4.42. The average Bonchev–Trinajstić information content (AvgIpc) is 2.40. The van der Waals surface area contributed by atoms with Crippen LogP contribution < -0.4 is 5.32 Å². The maximum atomic E-state index is 9.23. The van der Waals surface area contributed by atoms with Crippen LogP contribution >= 0.6 is 0 Å². The third-order valence-electron chi connectivity index (χ3n) is 3.86. The van der Waals surface area contributed by atoms with Crippen molar-refractivity contribution in [1.29, 1.82) is 5.26 Å². The van der Waals surface area contributed by atoms with E-state index in [0.29, 0.717) is 12.0 Å². The van der Waals surface area contributed by atoms with Crippen molar-refractivity contribution >= 4 is 5.69 Å². The Morgan fingerprint density at radius 2 is 1.94 bits per heavy atom. The van der Waals surface area contributed by atoms with Gasteiger partial charge in [-0.3, -0.25) is 0 Å². The van der Waals surface area contributed by atoms with Gasteiger partial charge in [-0.05, 0) is 30.4 Å². The molecule has 2 heteroatoms. The fourth-order valence-electron chi connectivity index (χ4n) is 2.79. The molecule has 1 aromatic carbocycles. The highest BCUT2D eigenvalue weighted by Crippen LogP contribution is 2.30. The molecule has 2 rings (SSSR count). The van der Waals surface area contributed by atoms with Crippen molar-refractivity contribution in [3.05, 3.63) is 29.8 Å². The van der Waals surface area contributed by atoms with E-state index in [2.05, 4.69) is 49.5 Å². The Morgan fingerprint density at radius 3 is 2.67 bits per heavy atom. The van der Waals surface area contributed by atoms with Gasteiger partial charge in [0.1, 0.15) is 0 Å². The maximum absolute atomic E-state index is 9.23. The van der Waals surface area contributed by atoms with E-state index in [0.717, 1.165) is 12.8 Å². The van der Waals surface area contributed by atoms with Crippen LogP contribution in [0, 0.1) is 17.2 Å². The minimum Gasteiger partial charge on any atom is -0.381 e. The lowest BCUT2D eigenvalue weighted by molar-refractivity contribution is 0.388. The number of nitrogens with zero attached hydrogens (tertiary/aromatic N) is 1. The maximum Gasteiger partial charge on any atom is 0.0677 e. The highest BCUT2D eigenvalue weighted by atomic mass is 14.9. The minimum absolute atomic E-state index is 0.166. The fourth-order valence-corrected chi connectivity index (χ4v) is 2.79. The molecule has 1 fully saturated rings. The van der Waals surface area contributed by atoms with Crippen molar-refractivity contribution in [3.8, 4) is 6.07 Å². The highest BCUT2D eigenvalue weighted by Gasteiger charge is 2.25. The molecular formula is C16H22N2. The van der Waals surface area contributed by atoms with Crippen LogP contribution in [0.2, 0.25) is 0 Å². The zero-order valence-corrected chi connectivity index (χ0v) is 11.3. The first-order valence-electron chi connectivity index (χ1n) is 6.97. The van der Waals surface area contributed by atoms with E-state index in [1.165, 1.54) is 24.1 Å². The summed E-state index contributed by atoms with van der Waals surface area (Å²) >= 11 is 0. The van der Waals surface area contributed by atoms with E-state index >= 15 is 0 Å². The molecule has 0 bridgehead atoms. The Morgan fingerprint density at radius 1 is 1.22 bits per heavy atom. The summed E-state index contributed by atoms with van der Waals surface area (Å²) in [4.78, 5) is 0. The Kier molecular flexibility index (Phi) is 4.25. The second kappa shape index (κ2) is 5.91. The summed E-state index contributed by atoms with van der Waals surface area (Å²) in [6, 6.07) is 11.3. The summed E-state index contributed by atoms with van der Waals surface area (Å²) in [5.41, 5.74) is 2.56. The van der Waals surface area contributed by atoms with Crippen molar-refractivity contribution < 1.29 is 0 Å². The Bertz CT molecular complexity index is 431. The van der Waals surface area contributed by atoms with Crippen LogP contribution in [0.4, 0.5) is 5.69 Å². The molecule has 1 aromatic rings. The van der Waals surface area contributed by atoms with E-state index in [-0.39, 0.29) is 5.92 Å². The molecule has 1 aliphatic rings. The normalized spacial score (nSPS) is 23.7. The molecule has 0 aliphatic heterocycles. The van der Waals surface area contributed by atoms with E-state index in [9.17, 15) is 5.26 Å². The summed E-state index contributed by atoms with van der Waals surface area (Å²) < 4.78 is 0. The Balaban J connectivity index is 2.15. The fraction of sp³-hybridized carbons (Fsp3) is 0.562. The topological polar surface area (TPSA) is 35.8 Å². The van der Waals surface area contributed by atoms with Gasteiger partial charge in [0.2, 0.25) is 0 Å². The third-order valence-corrected chi connectivity index (χ3v) is 3.86. The number of hydrogen-bond donors (Lipinski definition) is 1. The molecule has 1 aliphatic carbocycles. The number of rotatable bonds is 3. The zero-order chi connectivity index (χ0) is 13.0. The molecule has 0 radical (unpaired) electrons. The van der Waals surface area contributed by atoms with Crippen molar-refractivity contribution in [2.75, 3.05) is 5.32 Å². The molecule has 18 heavy (non-hydrogen) atoms. The number of nitrogens with one attached hydrogen (secondary N) is 1. The summed E-state index contributed by atoms with van der Waals surface area (Å²) in [7, 11) is 0. The molecule has 0 spiro atoms. The van der Waals surface area contributed by atoms with Gasteiger partial charge in [-0.1, -0.05) is 44.9 Å². The largest absolute Gasteiger partial charge is 0.381 e. The van der Waals surface area contributed by atoms with Gasteiger partial charge in [0, 0.05) is 11.7 Å². The lowest BCUT2D eigenvalue weighted by Gasteiger charge is -2.29. The lowest BCUT2D eigenvalue weighted by Crippen LogP contribution is -2.31. The zero-order valence-electron chi connectivity index (χ0n) is 11.3. The van der Waals surface area contributed by atoms with E-state index in [1.54, 1.807) is 0 Å². The van der Waals surface area contributed by atoms with Crippen LogP contribution in [-0.4, -0.2) is 6.04 Å². The number of hydrogen-bond acceptors (Lipinski definition) is 2. The van der Waals surface area contributed by atoms with Gasteiger partial charge in [0.25, 0.3) is 0 Å². The SMILES string of the molecule is CC(C)c1ccccc1NC1CCCCC1C#N. The molecule has 0 saturated heterocycles. The van der Waals surface area contributed by atoms with Crippen LogP contribution in [0.25, 0.3) is 0 Å². The molecule has 0 heterocycles. The van der Waals surface area contributed by atoms with Gasteiger partial charge in [0.15, 0.2) is 0 Å². The number of para-hydroxylation sites is 1. The van der Waals surface area contributed by atoms with Crippen LogP contribution in [0.3, 0.4) is 0 Å². The standard InChI is InChI=1S/C16H22N2/c1-12(2)14-8-4-6-10-16(14)18-15-9-5-3-7-13(15)11-17/h4,6,8,10,12-13,15,18H,3,5,7,9H2,1-2H3. The first-order valence-corrected chi connectivity index (χ1v) is 6.97. The van der Waals surface area contributed by atoms with Crippen LogP contribution in [-0.2, 0) is 0 Å². The molecular weight excluding hydrogens is 220 g/mol. The molecule has 2 atom stereocenters. The second-order valence-electron chi connectivity index (χ2n) is 5.51. The van der Waals surface area contributed by atoms with E-state index < -0.39 is 0 Å². The van der Waals surface area contributed by atoms with Gasteiger partial charge < -0.3 is 5.32 Å². The molecule has 2 nitrogen and oxygen atoms in total. The Labute approximate surface area is 110 Å². The molecule has 0 aromatic heterocycles. The predicted molar refractivity (Wildman–Crippen MR) is 75.5 cm³/mol. The van der Waals surface area contributed by atoms with Crippen molar-refractivity contribution in [2.45, 2.75) is 51.5 Å². The molecule has 96 valence electrons. The van der Waals surface area contributed by atoms with Gasteiger partial charge in [0.05, 0.1) is 12.0 Å². The minimum atomic E-state index is 0.166. The Hall–Kier alpha value is -1.49. The lowest BCUT2D eigenvalue weighted by atomic mass is 9.85. The summed E-state index contributed by atoms with van der Waals surface area (Å²) in [5.74, 6) is 0.678. The van der Waals surface area contributed by atoms with Gasteiger partial charge in [-0.25, -0.2) is 0 Å². The van der Waals surface area contributed by atoms with Gasteiger partial charge in [-0.15, -0.1) is 0 Å². The molecule has 1 N–H and O–H groups in total. The molecule has 2 unspecified atom stereocenters. The van der Waals surface area contributed by atoms with Crippen molar-refractivity contribution in [1.82, 2.24) is 0 Å². The van der Waals surface area contributed by atoms with E-state index in [1.807, 2.05) is 0 Å². The average molecular weight is 242 g/mol. The molecule has 1 saturated carbocycles. The third kappa shape index (κ3) is 2.85.